The topological polar surface area (TPSA) is 115 Å². The zero-order chi connectivity index (χ0) is 38.1. The largest absolute Gasteiger partial charge is 0.504 e. The molecule has 0 spiro atoms. The summed E-state index contributed by atoms with van der Waals surface area (Å²) in [7, 11) is 3.00. The van der Waals surface area contributed by atoms with Gasteiger partial charge in [-0.05, 0) is 118 Å². The van der Waals surface area contributed by atoms with Crippen LogP contribution in [-0.4, -0.2) is 50.4 Å². The molecule has 0 bridgehead atoms. The van der Waals surface area contributed by atoms with Gasteiger partial charge in [0.1, 0.15) is 0 Å². The van der Waals surface area contributed by atoms with Gasteiger partial charge in [0.05, 0.1) is 34.2 Å². The third kappa shape index (κ3) is 19.5. The molecular weight excluding hydrogens is 864 g/mol. The summed E-state index contributed by atoms with van der Waals surface area (Å²) in [5.74, 6) is 1.50. The summed E-state index contributed by atoms with van der Waals surface area (Å²) in [6.45, 7) is 17.5. The average Bonchev–Trinajstić information content (AvgIpc) is 3.10. The molecule has 0 aliphatic rings. The second-order valence-corrected chi connectivity index (χ2v) is 12.4. The van der Waals surface area contributed by atoms with Crippen LogP contribution in [0.2, 0.25) is 0 Å². The van der Waals surface area contributed by atoms with Gasteiger partial charge in [0.2, 0.25) is 0 Å². The fourth-order valence-corrected chi connectivity index (χ4v) is 4.83. The van der Waals surface area contributed by atoms with Crippen LogP contribution in [0.1, 0.15) is 66.5 Å². The number of methoxy groups -OCH3 is 2. The van der Waals surface area contributed by atoms with E-state index in [1.807, 2.05) is 74.0 Å². The van der Waals surface area contributed by atoms with E-state index in [4.69, 9.17) is 18.9 Å². The molecule has 3 aromatic carbocycles. The molecular formula is C39H50I2NO8+. The van der Waals surface area contributed by atoms with Crippen LogP contribution in [-0.2, 0) is 9.47 Å². The van der Waals surface area contributed by atoms with E-state index in [2.05, 4.69) is 77.0 Å². The van der Waals surface area contributed by atoms with Gasteiger partial charge in [-0.2, -0.15) is 0 Å². The van der Waals surface area contributed by atoms with Crippen LogP contribution >= 0.6 is 45.2 Å². The number of ether oxygens (including phenoxy) is 5. The molecule has 50 heavy (non-hydrogen) atoms. The molecule has 0 fully saturated rings. The molecule has 0 aliphatic carbocycles. The van der Waals surface area contributed by atoms with E-state index in [0.717, 1.165) is 10.2 Å². The maximum Gasteiger partial charge on any atom is 0.197 e. The molecule has 0 aliphatic heterocycles. The standard InChI is InChI=1S/C13H17IO4.C9H9IO3.C8H10.C5H5N.C4H8O/c1-5-17-9(3)18-13-11(14)6-10(8(2)15)7-12(13)16-4;1-5(11)6-3-7(10)9(12)8(4-6)13-2;1-7-3-5-8(2)6-4-7;1-2-4-6-5-3-1;1-3-5-4-2/h6-7,9H,5H2,1-4H3;3-4,12H,1-2H3;3-6H,1-2H3;1-5H;3H,1,4H2,2H3/p+1. The second kappa shape index (κ2) is 27.1. The Bertz CT molecular complexity index is 1520. The number of ketones is 2. The van der Waals surface area contributed by atoms with E-state index < -0.39 is 0 Å². The Labute approximate surface area is 324 Å². The molecule has 4 rings (SSSR count). The van der Waals surface area contributed by atoms with E-state index in [-0.39, 0.29) is 23.6 Å². The van der Waals surface area contributed by atoms with Crippen LogP contribution < -0.4 is 19.2 Å². The number of hydrogen-bond donors (Lipinski definition) is 1. The lowest BCUT2D eigenvalue weighted by Gasteiger charge is -2.18. The molecule has 11 heteroatoms. The first-order chi connectivity index (χ1) is 23.7. The van der Waals surface area contributed by atoms with Gasteiger partial charge in [-0.25, -0.2) is 4.98 Å². The number of benzene rings is 3. The molecule has 0 amide bonds. The number of carbonyl (C=O) groups excluding carboxylic acids is 2. The predicted molar refractivity (Wildman–Crippen MR) is 216 cm³/mol. The van der Waals surface area contributed by atoms with Crippen molar-refractivity contribution >= 4 is 56.7 Å². The van der Waals surface area contributed by atoms with Gasteiger partial charge in [0.25, 0.3) is 0 Å². The third-order valence-electron chi connectivity index (χ3n) is 6.09. The highest BCUT2D eigenvalue weighted by atomic mass is 127. The Hall–Kier alpha value is -3.69. The fourth-order valence-electron chi connectivity index (χ4n) is 3.50. The minimum atomic E-state index is -0.361. The molecule has 1 heterocycles. The van der Waals surface area contributed by atoms with E-state index in [9.17, 15) is 14.7 Å². The first kappa shape index (κ1) is 46.3. The highest BCUT2D eigenvalue weighted by Crippen LogP contribution is 2.35. The predicted octanol–water partition coefficient (Wildman–Crippen LogP) is 9.44. The van der Waals surface area contributed by atoms with E-state index >= 15 is 0 Å². The van der Waals surface area contributed by atoms with Gasteiger partial charge in [-0.1, -0.05) is 48.0 Å². The Morgan fingerprint density at radius 3 is 1.64 bits per heavy atom. The third-order valence-corrected chi connectivity index (χ3v) is 7.71. The zero-order valence-electron chi connectivity index (χ0n) is 30.3. The quantitative estimate of drug-likeness (QED) is 0.0725. The van der Waals surface area contributed by atoms with Gasteiger partial charge in [-0.15, -0.1) is 0 Å². The van der Waals surface area contributed by atoms with Crippen LogP contribution in [0, 0.1) is 21.0 Å². The summed E-state index contributed by atoms with van der Waals surface area (Å²) >= 11 is 4.07. The summed E-state index contributed by atoms with van der Waals surface area (Å²) in [4.78, 5) is 25.3. The van der Waals surface area contributed by atoms with Crippen molar-refractivity contribution in [3.63, 3.8) is 0 Å². The number of pyridine rings is 1. The second-order valence-electron chi connectivity index (χ2n) is 10.1. The van der Waals surface area contributed by atoms with E-state index in [1.54, 1.807) is 25.3 Å². The minimum Gasteiger partial charge on any atom is -0.504 e. The average molecular weight is 915 g/mol. The summed E-state index contributed by atoms with van der Waals surface area (Å²) < 4.78 is 27.2. The van der Waals surface area contributed by atoms with Gasteiger partial charge in [-0.3, -0.25) is 9.59 Å². The summed E-state index contributed by atoms with van der Waals surface area (Å²) in [5.41, 5.74) is 3.80. The smallest absolute Gasteiger partial charge is 0.197 e. The molecule has 9 nitrogen and oxygen atoms in total. The number of rotatable bonds is 10. The van der Waals surface area contributed by atoms with Gasteiger partial charge in [0.15, 0.2) is 53.2 Å². The van der Waals surface area contributed by atoms with Crippen molar-refractivity contribution in [2.45, 2.75) is 54.8 Å². The number of hydrogen-bond acceptors (Lipinski definition) is 8. The van der Waals surface area contributed by atoms with E-state index in [1.165, 1.54) is 44.4 Å². The number of aromatic hydroxyl groups is 1. The highest BCUT2D eigenvalue weighted by Gasteiger charge is 2.16. The number of aromatic nitrogens is 1. The number of phenols is 1. The number of Topliss-reactive ketones (excluding diaryl/α,β-unsaturated/α-hetero) is 2. The van der Waals surface area contributed by atoms with Crippen molar-refractivity contribution in [2.75, 3.05) is 27.4 Å². The van der Waals surface area contributed by atoms with Gasteiger partial charge in [0, 0.05) is 29.9 Å². The van der Waals surface area contributed by atoms with Crippen LogP contribution in [0.3, 0.4) is 0 Å². The minimum absolute atomic E-state index is 0.00405. The Balaban J connectivity index is 0.000000651. The summed E-state index contributed by atoms with van der Waals surface area (Å²) in [5, 5.41) is 9.46. The normalized spacial score (nSPS) is 9.98. The van der Waals surface area contributed by atoms with Crippen LogP contribution in [0.4, 0.5) is 0 Å². The maximum absolute atomic E-state index is 11.4. The molecule has 272 valence electrons. The van der Waals surface area contributed by atoms with E-state index in [0.29, 0.717) is 38.6 Å². The van der Waals surface area contributed by atoms with Gasteiger partial charge < -0.3 is 28.8 Å². The van der Waals surface area contributed by atoms with Crippen molar-refractivity contribution in [1.29, 1.82) is 0 Å². The molecule has 0 radical (unpaired) electrons. The van der Waals surface area contributed by atoms with Crippen LogP contribution in [0.5, 0.6) is 23.0 Å². The van der Waals surface area contributed by atoms with Crippen molar-refractivity contribution in [3.05, 3.63) is 121 Å². The molecule has 1 unspecified atom stereocenters. The molecule has 1 aromatic heterocycles. The Morgan fingerprint density at radius 2 is 1.30 bits per heavy atom. The lowest BCUT2D eigenvalue weighted by atomic mass is 10.1. The molecule has 0 saturated heterocycles. The molecule has 2 N–H and O–H groups in total. The SMILES string of the molecule is C=COCC.CCOC(C)Oc1c(I)cc(C(C)=O)cc1OC.COc1cc(C(C)=O)cc(I)c1O.Cc1ccc(C)cc1.c1cc[nH+]cc1. The lowest BCUT2D eigenvalue weighted by Crippen LogP contribution is -2.17. The Morgan fingerprint density at radius 1 is 0.820 bits per heavy atom. The van der Waals surface area contributed by atoms with Crippen molar-refractivity contribution < 1.29 is 43.4 Å². The fraction of sp³-hybridized carbons (Fsp3) is 0.308. The molecule has 1 atom stereocenters. The van der Waals surface area contributed by atoms with Crippen LogP contribution in [0.15, 0.2) is 92.0 Å². The van der Waals surface area contributed by atoms with Crippen molar-refractivity contribution in [1.82, 2.24) is 0 Å². The first-order valence-corrected chi connectivity index (χ1v) is 17.8. The number of aromatic amines is 1. The van der Waals surface area contributed by atoms with Crippen molar-refractivity contribution in [2.24, 2.45) is 0 Å². The number of nitrogens with one attached hydrogen (secondary N) is 1. The number of halogens is 2. The van der Waals surface area contributed by atoms with Crippen molar-refractivity contribution in [3.8, 4) is 23.0 Å². The number of carbonyl (C=O) groups is 2. The maximum atomic E-state index is 11.4. The number of H-pyrrole nitrogens is 1. The monoisotopic (exact) mass is 914 g/mol. The Kier molecular flexibility index (Phi) is 25.1. The molecule has 4 aromatic rings. The van der Waals surface area contributed by atoms with Gasteiger partial charge >= 0.3 is 0 Å². The highest BCUT2D eigenvalue weighted by molar-refractivity contribution is 14.1. The summed E-state index contributed by atoms with van der Waals surface area (Å²) in [6.07, 6.45) is 4.82. The number of phenolic OH excluding ortho intramolecular Hbond substituents is 1. The summed E-state index contributed by atoms with van der Waals surface area (Å²) in [6, 6.07) is 20.9. The zero-order valence-corrected chi connectivity index (χ0v) is 34.7. The molecule has 0 saturated carbocycles. The van der Waals surface area contributed by atoms with Crippen LogP contribution in [0.25, 0.3) is 0 Å². The lowest BCUT2D eigenvalue weighted by molar-refractivity contribution is -0.377. The first-order valence-electron chi connectivity index (χ1n) is 15.7. The number of aryl methyl sites for hydroxylation is 2.